The van der Waals surface area contributed by atoms with Crippen molar-refractivity contribution in [2.45, 2.75) is 26.7 Å². The maximum Gasteiger partial charge on any atom is 0.254 e. The first-order chi connectivity index (χ1) is 7.20. The van der Waals surface area contributed by atoms with Crippen molar-refractivity contribution in [2.75, 3.05) is 6.54 Å². The normalized spacial score (nSPS) is 10.3. The van der Waals surface area contributed by atoms with Gasteiger partial charge in [-0.2, -0.15) is 0 Å². The van der Waals surface area contributed by atoms with Crippen molar-refractivity contribution in [1.82, 2.24) is 15.3 Å². The summed E-state index contributed by atoms with van der Waals surface area (Å²) in [5.74, 6) is 0.585. The van der Waals surface area contributed by atoms with Crippen LogP contribution >= 0.6 is 0 Å². The largest absolute Gasteiger partial charge is 0.352 e. The predicted molar refractivity (Wildman–Crippen MR) is 58.4 cm³/mol. The molecule has 1 aromatic heterocycles. The fourth-order valence-electron chi connectivity index (χ4n) is 1.23. The van der Waals surface area contributed by atoms with E-state index in [-0.39, 0.29) is 5.91 Å². The fourth-order valence-corrected chi connectivity index (χ4v) is 1.23. The highest BCUT2D eigenvalue weighted by atomic mass is 16.1. The van der Waals surface area contributed by atoms with E-state index in [2.05, 4.69) is 29.1 Å². The van der Waals surface area contributed by atoms with Crippen LogP contribution in [0.5, 0.6) is 0 Å². The van der Waals surface area contributed by atoms with Crippen LogP contribution in [0, 0.1) is 5.92 Å². The molecule has 4 nitrogen and oxygen atoms in total. The summed E-state index contributed by atoms with van der Waals surface area (Å²) in [6, 6.07) is 0. The van der Waals surface area contributed by atoms with Crippen molar-refractivity contribution in [1.29, 1.82) is 0 Å². The van der Waals surface area contributed by atoms with Crippen LogP contribution < -0.4 is 5.32 Å². The lowest BCUT2D eigenvalue weighted by molar-refractivity contribution is 0.0952. The molecule has 15 heavy (non-hydrogen) atoms. The molecule has 0 spiro atoms. The first-order valence-electron chi connectivity index (χ1n) is 5.23. The van der Waals surface area contributed by atoms with Crippen LogP contribution in [0.4, 0.5) is 0 Å². The van der Waals surface area contributed by atoms with Gasteiger partial charge in [-0.05, 0) is 18.8 Å². The maximum atomic E-state index is 11.5. The van der Waals surface area contributed by atoms with Crippen molar-refractivity contribution < 1.29 is 4.79 Å². The number of amides is 1. The number of nitrogens with one attached hydrogen (secondary N) is 1. The molecule has 0 fully saturated rings. The molecule has 82 valence electrons. The van der Waals surface area contributed by atoms with E-state index >= 15 is 0 Å². The molecule has 0 saturated heterocycles. The van der Waals surface area contributed by atoms with Gasteiger partial charge in [0.25, 0.3) is 5.91 Å². The quantitative estimate of drug-likeness (QED) is 0.747. The minimum Gasteiger partial charge on any atom is -0.352 e. The second-order valence-corrected chi connectivity index (χ2v) is 3.92. The molecule has 0 aliphatic rings. The Balaban J connectivity index is 2.25. The fraction of sp³-hybridized carbons (Fsp3) is 0.545. The second-order valence-electron chi connectivity index (χ2n) is 3.92. The lowest BCUT2D eigenvalue weighted by Gasteiger charge is -2.06. The van der Waals surface area contributed by atoms with E-state index in [0.29, 0.717) is 18.0 Å². The number of aromatic nitrogens is 2. The Hall–Kier alpha value is -1.45. The average molecular weight is 207 g/mol. The number of nitrogens with zero attached hydrogens (tertiary/aromatic N) is 2. The number of hydrogen-bond donors (Lipinski definition) is 1. The zero-order chi connectivity index (χ0) is 11.1. The summed E-state index contributed by atoms with van der Waals surface area (Å²) in [4.78, 5) is 19.1. The molecular weight excluding hydrogens is 190 g/mol. The first-order valence-corrected chi connectivity index (χ1v) is 5.23. The minimum atomic E-state index is -0.0978. The topological polar surface area (TPSA) is 54.9 Å². The third-order valence-corrected chi connectivity index (χ3v) is 2.07. The Morgan fingerprint density at radius 3 is 2.67 bits per heavy atom. The van der Waals surface area contributed by atoms with Gasteiger partial charge >= 0.3 is 0 Å². The lowest BCUT2D eigenvalue weighted by atomic mass is 10.1. The zero-order valence-electron chi connectivity index (χ0n) is 9.23. The SMILES string of the molecule is CC(C)CCCNC(=O)c1cncnc1. The third-order valence-electron chi connectivity index (χ3n) is 2.07. The van der Waals surface area contributed by atoms with E-state index in [1.54, 1.807) is 0 Å². The zero-order valence-corrected chi connectivity index (χ0v) is 9.23. The smallest absolute Gasteiger partial charge is 0.254 e. The summed E-state index contributed by atoms with van der Waals surface area (Å²) >= 11 is 0. The second kappa shape index (κ2) is 6.11. The van der Waals surface area contributed by atoms with Crippen LogP contribution in [0.15, 0.2) is 18.7 Å². The Kier molecular flexibility index (Phi) is 4.74. The molecule has 1 N–H and O–H groups in total. The van der Waals surface area contributed by atoms with Gasteiger partial charge in [0, 0.05) is 18.9 Å². The van der Waals surface area contributed by atoms with E-state index in [1.807, 2.05) is 0 Å². The van der Waals surface area contributed by atoms with Gasteiger partial charge in [-0.1, -0.05) is 13.8 Å². The number of hydrogen-bond acceptors (Lipinski definition) is 3. The lowest BCUT2D eigenvalue weighted by Crippen LogP contribution is -2.24. The monoisotopic (exact) mass is 207 g/mol. The van der Waals surface area contributed by atoms with Crippen LogP contribution in [0.1, 0.15) is 37.0 Å². The van der Waals surface area contributed by atoms with Gasteiger partial charge in [-0.3, -0.25) is 4.79 Å². The van der Waals surface area contributed by atoms with Gasteiger partial charge in [0.05, 0.1) is 5.56 Å². The van der Waals surface area contributed by atoms with Crippen LogP contribution in [-0.2, 0) is 0 Å². The number of carbonyl (C=O) groups excluding carboxylic acids is 1. The molecule has 0 radical (unpaired) electrons. The Morgan fingerprint density at radius 2 is 2.07 bits per heavy atom. The molecule has 0 unspecified atom stereocenters. The van der Waals surface area contributed by atoms with Gasteiger partial charge in [-0.25, -0.2) is 9.97 Å². The summed E-state index contributed by atoms with van der Waals surface area (Å²) < 4.78 is 0. The highest BCUT2D eigenvalue weighted by molar-refractivity contribution is 5.93. The molecule has 0 bridgehead atoms. The maximum absolute atomic E-state index is 11.5. The molecule has 0 aliphatic heterocycles. The molecule has 0 atom stereocenters. The summed E-state index contributed by atoms with van der Waals surface area (Å²) in [5.41, 5.74) is 0.516. The molecule has 0 aliphatic carbocycles. The van der Waals surface area contributed by atoms with Crippen molar-refractivity contribution in [2.24, 2.45) is 5.92 Å². The summed E-state index contributed by atoms with van der Waals surface area (Å²) in [5, 5.41) is 2.84. The number of carbonyl (C=O) groups is 1. The minimum absolute atomic E-state index is 0.0978. The van der Waals surface area contributed by atoms with Gasteiger partial charge in [0.15, 0.2) is 0 Å². The van der Waals surface area contributed by atoms with Gasteiger partial charge in [0.1, 0.15) is 6.33 Å². The highest BCUT2D eigenvalue weighted by Gasteiger charge is 2.04. The van der Waals surface area contributed by atoms with Crippen molar-refractivity contribution in [3.63, 3.8) is 0 Å². The van der Waals surface area contributed by atoms with Gasteiger partial charge < -0.3 is 5.32 Å². The van der Waals surface area contributed by atoms with E-state index in [4.69, 9.17) is 0 Å². The van der Waals surface area contributed by atoms with Gasteiger partial charge in [0.2, 0.25) is 0 Å². The van der Waals surface area contributed by atoms with Crippen LogP contribution in [0.3, 0.4) is 0 Å². The molecule has 4 heteroatoms. The summed E-state index contributed by atoms with van der Waals surface area (Å²) in [7, 11) is 0. The third kappa shape index (κ3) is 4.54. The average Bonchev–Trinajstić information content (AvgIpc) is 2.25. The molecule has 1 rings (SSSR count). The standard InChI is InChI=1S/C11H17N3O/c1-9(2)4-3-5-14-11(15)10-6-12-8-13-7-10/h6-9H,3-5H2,1-2H3,(H,14,15). The van der Waals surface area contributed by atoms with Crippen molar-refractivity contribution in [3.8, 4) is 0 Å². The van der Waals surface area contributed by atoms with E-state index in [9.17, 15) is 4.79 Å². The first kappa shape index (κ1) is 11.6. The van der Waals surface area contributed by atoms with Crippen LogP contribution in [0.2, 0.25) is 0 Å². The van der Waals surface area contributed by atoms with E-state index < -0.39 is 0 Å². The van der Waals surface area contributed by atoms with Crippen LogP contribution in [-0.4, -0.2) is 22.4 Å². The molecule has 1 heterocycles. The molecule has 0 aromatic carbocycles. The van der Waals surface area contributed by atoms with Crippen molar-refractivity contribution >= 4 is 5.91 Å². The highest BCUT2D eigenvalue weighted by Crippen LogP contribution is 2.02. The van der Waals surface area contributed by atoms with E-state index in [0.717, 1.165) is 12.8 Å². The number of rotatable bonds is 5. The Bertz CT molecular complexity index is 298. The molecule has 1 amide bonds. The Labute approximate surface area is 90.1 Å². The Morgan fingerprint density at radius 1 is 1.40 bits per heavy atom. The van der Waals surface area contributed by atoms with E-state index in [1.165, 1.54) is 18.7 Å². The molecule has 0 saturated carbocycles. The molecule has 1 aromatic rings. The van der Waals surface area contributed by atoms with Crippen molar-refractivity contribution in [3.05, 3.63) is 24.3 Å². The van der Waals surface area contributed by atoms with Crippen LogP contribution in [0.25, 0.3) is 0 Å². The summed E-state index contributed by atoms with van der Waals surface area (Å²) in [6.45, 7) is 5.06. The van der Waals surface area contributed by atoms with Gasteiger partial charge in [-0.15, -0.1) is 0 Å². The summed E-state index contributed by atoms with van der Waals surface area (Å²) in [6.07, 6.45) is 6.59. The molecular formula is C11H17N3O. The predicted octanol–water partition coefficient (Wildman–Crippen LogP) is 1.64.